The fourth-order valence-electron chi connectivity index (χ4n) is 2.80. The van der Waals surface area contributed by atoms with Crippen molar-refractivity contribution in [3.63, 3.8) is 0 Å². The Hall–Kier alpha value is -2.63. The van der Waals surface area contributed by atoms with Gasteiger partial charge in [0, 0.05) is 25.5 Å². The number of para-hydroxylation sites is 1. The van der Waals surface area contributed by atoms with Gasteiger partial charge in [0.15, 0.2) is 0 Å². The van der Waals surface area contributed by atoms with Crippen molar-refractivity contribution < 1.29 is 14.7 Å². The standard InChI is InChI=1S/C16H17N3O3/c20-15(18-9-3-5-12(11-18)16(21)22)13-6-1-2-7-14(13)19-10-4-8-17-19/h1-2,4,6-8,10,12H,3,5,9,11H2,(H,21,22)/t12-/m0/s1. The molecule has 1 aromatic heterocycles. The number of carboxylic acids is 1. The third-order valence-electron chi connectivity index (χ3n) is 3.94. The van der Waals surface area contributed by atoms with E-state index in [4.69, 9.17) is 5.11 Å². The van der Waals surface area contributed by atoms with Crippen LogP contribution in [-0.4, -0.2) is 44.8 Å². The fourth-order valence-corrected chi connectivity index (χ4v) is 2.80. The lowest BCUT2D eigenvalue weighted by atomic mass is 9.97. The molecular formula is C16H17N3O3. The average molecular weight is 299 g/mol. The Morgan fingerprint density at radius 1 is 1.23 bits per heavy atom. The number of rotatable bonds is 3. The molecule has 0 spiro atoms. The first kappa shape index (κ1) is 14.3. The van der Waals surface area contributed by atoms with Crippen LogP contribution in [0, 0.1) is 5.92 Å². The van der Waals surface area contributed by atoms with Crippen molar-refractivity contribution in [2.75, 3.05) is 13.1 Å². The van der Waals surface area contributed by atoms with Crippen molar-refractivity contribution in [3.8, 4) is 5.69 Å². The molecule has 0 bridgehead atoms. The number of aliphatic carboxylic acids is 1. The van der Waals surface area contributed by atoms with Crippen molar-refractivity contribution in [3.05, 3.63) is 48.3 Å². The quantitative estimate of drug-likeness (QED) is 0.938. The van der Waals surface area contributed by atoms with E-state index in [0.717, 1.165) is 0 Å². The molecule has 1 aromatic carbocycles. The van der Waals surface area contributed by atoms with Gasteiger partial charge < -0.3 is 10.0 Å². The Kier molecular flexibility index (Phi) is 3.91. The number of carbonyl (C=O) groups excluding carboxylic acids is 1. The molecule has 114 valence electrons. The number of piperidine rings is 1. The maximum atomic E-state index is 12.8. The van der Waals surface area contributed by atoms with Crippen molar-refractivity contribution in [1.82, 2.24) is 14.7 Å². The predicted molar refractivity (Wildman–Crippen MR) is 79.8 cm³/mol. The number of likely N-dealkylation sites (tertiary alicyclic amines) is 1. The van der Waals surface area contributed by atoms with Gasteiger partial charge in [-0.2, -0.15) is 5.10 Å². The highest BCUT2D eigenvalue weighted by atomic mass is 16.4. The SMILES string of the molecule is O=C(O)[C@H]1CCCN(C(=O)c2ccccc2-n2cccn2)C1. The first-order chi connectivity index (χ1) is 10.7. The van der Waals surface area contributed by atoms with Gasteiger partial charge >= 0.3 is 5.97 Å². The summed E-state index contributed by atoms with van der Waals surface area (Å²) < 4.78 is 1.64. The third kappa shape index (κ3) is 2.72. The molecule has 22 heavy (non-hydrogen) atoms. The van der Waals surface area contributed by atoms with Crippen LogP contribution in [0.4, 0.5) is 0 Å². The predicted octanol–water partition coefficient (Wildman–Crippen LogP) is 1.81. The summed E-state index contributed by atoms with van der Waals surface area (Å²) >= 11 is 0. The molecule has 1 saturated heterocycles. The molecule has 0 radical (unpaired) electrons. The molecule has 0 aliphatic carbocycles. The van der Waals surface area contributed by atoms with Crippen LogP contribution in [0.2, 0.25) is 0 Å². The number of aromatic nitrogens is 2. The van der Waals surface area contributed by atoms with Gasteiger partial charge in [0.1, 0.15) is 0 Å². The first-order valence-corrected chi connectivity index (χ1v) is 7.28. The van der Waals surface area contributed by atoms with Crippen LogP contribution in [0.15, 0.2) is 42.7 Å². The smallest absolute Gasteiger partial charge is 0.308 e. The molecule has 3 rings (SSSR count). The number of benzene rings is 1. The van der Waals surface area contributed by atoms with Crippen LogP contribution in [0.5, 0.6) is 0 Å². The normalized spacial score (nSPS) is 18.2. The van der Waals surface area contributed by atoms with Crippen LogP contribution in [-0.2, 0) is 4.79 Å². The van der Waals surface area contributed by atoms with E-state index in [1.54, 1.807) is 40.2 Å². The second-order valence-corrected chi connectivity index (χ2v) is 5.40. The zero-order chi connectivity index (χ0) is 15.5. The number of carboxylic acid groups (broad SMARTS) is 1. The number of amides is 1. The minimum absolute atomic E-state index is 0.142. The molecule has 2 aromatic rings. The van der Waals surface area contributed by atoms with Crippen molar-refractivity contribution >= 4 is 11.9 Å². The molecule has 1 fully saturated rings. The Bertz CT molecular complexity index is 682. The Morgan fingerprint density at radius 3 is 2.77 bits per heavy atom. The molecule has 1 N–H and O–H groups in total. The first-order valence-electron chi connectivity index (χ1n) is 7.28. The third-order valence-corrected chi connectivity index (χ3v) is 3.94. The van der Waals surface area contributed by atoms with E-state index in [1.165, 1.54) is 0 Å². The van der Waals surface area contributed by atoms with Gasteiger partial charge in [-0.25, -0.2) is 4.68 Å². The van der Waals surface area contributed by atoms with E-state index in [0.29, 0.717) is 30.6 Å². The topological polar surface area (TPSA) is 75.4 Å². The lowest BCUT2D eigenvalue weighted by Crippen LogP contribution is -2.42. The van der Waals surface area contributed by atoms with Gasteiger partial charge in [-0.1, -0.05) is 12.1 Å². The van der Waals surface area contributed by atoms with Crippen LogP contribution >= 0.6 is 0 Å². The molecule has 1 aliphatic heterocycles. The van der Waals surface area contributed by atoms with Crippen LogP contribution < -0.4 is 0 Å². The van der Waals surface area contributed by atoms with E-state index in [1.807, 2.05) is 12.1 Å². The van der Waals surface area contributed by atoms with Crippen LogP contribution in [0.1, 0.15) is 23.2 Å². The highest BCUT2D eigenvalue weighted by Gasteiger charge is 2.29. The van der Waals surface area contributed by atoms with Gasteiger partial charge in [0.2, 0.25) is 0 Å². The van der Waals surface area contributed by atoms with Gasteiger partial charge in [-0.05, 0) is 31.0 Å². The van der Waals surface area contributed by atoms with Gasteiger partial charge in [0.05, 0.1) is 17.2 Å². The van der Waals surface area contributed by atoms with Crippen molar-refractivity contribution in [1.29, 1.82) is 0 Å². The summed E-state index contributed by atoms with van der Waals surface area (Å²) in [6.07, 6.45) is 4.78. The minimum Gasteiger partial charge on any atom is -0.481 e. The lowest BCUT2D eigenvalue weighted by molar-refractivity contribution is -0.143. The zero-order valence-electron chi connectivity index (χ0n) is 12.1. The minimum atomic E-state index is -0.835. The van der Waals surface area contributed by atoms with E-state index in [-0.39, 0.29) is 12.5 Å². The monoisotopic (exact) mass is 299 g/mol. The molecule has 0 unspecified atom stereocenters. The molecule has 1 atom stereocenters. The summed E-state index contributed by atoms with van der Waals surface area (Å²) in [6, 6.07) is 9.04. The Morgan fingerprint density at radius 2 is 2.05 bits per heavy atom. The number of hydrogen-bond donors (Lipinski definition) is 1. The highest BCUT2D eigenvalue weighted by Crippen LogP contribution is 2.21. The lowest BCUT2D eigenvalue weighted by Gasteiger charge is -2.31. The zero-order valence-corrected chi connectivity index (χ0v) is 12.1. The molecule has 6 nitrogen and oxygen atoms in total. The summed E-state index contributed by atoms with van der Waals surface area (Å²) in [4.78, 5) is 25.6. The number of nitrogens with zero attached hydrogens (tertiary/aromatic N) is 3. The second-order valence-electron chi connectivity index (χ2n) is 5.40. The van der Waals surface area contributed by atoms with Gasteiger partial charge in [0.25, 0.3) is 5.91 Å². The van der Waals surface area contributed by atoms with Crippen molar-refractivity contribution in [2.45, 2.75) is 12.8 Å². The largest absolute Gasteiger partial charge is 0.481 e. The Labute approximate surface area is 128 Å². The van der Waals surface area contributed by atoms with Crippen molar-refractivity contribution in [2.24, 2.45) is 5.92 Å². The molecule has 1 aliphatic rings. The van der Waals surface area contributed by atoms with E-state index < -0.39 is 11.9 Å². The molecule has 1 amide bonds. The molecular weight excluding hydrogens is 282 g/mol. The summed E-state index contributed by atoms with van der Waals surface area (Å²) in [7, 11) is 0. The summed E-state index contributed by atoms with van der Waals surface area (Å²) in [5.74, 6) is -1.45. The maximum Gasteiger partial charge on any atom is 0.308 e. The Balaban J connectivity index is 1.88. The molecule has 2 heterocycles. The summed E-state index contributed by atoms with van der Waals surface area (Å²) in [6.45, 7) is 0.859. The fraction of sp³-hybridized carbons (Fsp3) is 0.312. The van der Waals surface area contributed by atoms with E-state index >= 15 is 0 Å². The van der Waals surface area contributed by atoms with E-state index in [9.17, 15) is 9.59 Å². The highest BCUT2D eigenvalue weighted by molar-refractivity contribution is 5.98. The van der Waals surface area contributed by atoms with Gasteiger partial charge in [-0.3, -0.25) is 9.59 Å². The number of hydrogen-bond acceptors (Lipinski definition) is 3. The number of carbonyl (C=O) groups is 2. The molecule has 6 heteroatoms. The van der Waals surface area contributed by atoms with Crippen LogP contribution in [0.25, 0.3) is 5.69 Å². The van der Waals surface area contributed by atoms with E-state index in [2.05, 4.69) is 5.10 Å². The second kappa shape index (κ2) is 6.01. The van der Waals surface area contributed by atoms with Crippen LogP contribution in [0.3, 0.4) is 0 Å². The average Bonchev–Trinajstić information content (AvgIpc) is 3.08. The summed E-state index contributed by atoms with van der Waals surface area (Å²) in [5.41, 5.74) is 1.24. The van der Waals surface area contributed by atoms with Gasteiger partial charge in [-0.15, -0.1) is 0 Å². The molecule has 0 saturated carbocycles. The summed E-state index contributed by atoms with van der Waals surface area (Å²) in [5, 5.41) is 13.3. The maximum absolute atomic E-state index is 12.8.